The fraction of sp³-hybridized carbons (Fsp3) is 0.455. The number of likely N-dealkylation sites (tertiary alicyclic amines) is 1. The van der Waals surface area contributed by atoms with Crippen LogP contribution >= 0.6 is 0 Å². The third-order valence-corrected chi connectivity index (χ3v) is 4.26. The Morgan fingerprint density at radius 2 is 1.96 bits per heavy atom. The van der Waals surface area contributed by atoms with Gasteiger partial charge in [-0.1, -0.05) is 30.3 Å². The van der Waals surface area contributed by atoms with Gasteiger partial charge in [0.25, 0.3) is 0 Å². The Labute approximate surface area is 172 Å². The van der Waals surface area contributed by atoms with E-state index in [-0.39, 0.29) is 23.3 Å². The first-order valence-electron chi connectivity index (χ1n) is 13.0. The van der Waals surface area contributed by atoms with Crippen LogP contribution in [-0.2, 0) is 13.0 Å². The van der Waals surface area contributed by atoms with E-state index in [4.69, 9.17) is 17.1 Å². The minimum atomic E-state index is -3.47. The zero-order valence-electron chi connectivity index (χ0n) is 23.9. The molecule has 1 fully saturated rings. The van der Waals surface area contributed by atoms with E-state index in [2.05, 4.69) is 0 Å². The van der Waals surface area contributed by atoms with Crippen molar-refractivity contribution in [3.63, 3.8) is 0 Å². The molecule has 0 aromatic heterocycles. The summed E-state index contributed by atoms with van der Waals surface area (Å²) in [5, 5.41) is 20.9. The van der Waals surface area contributed by atoms with E-state index in [9.17, 15) is 14.6 Å². The predicted molar refractivity (Wildman–Crippen MR) is 103 cm³/mol. The molecule has 2 aromatic carbocycles. The molecule has 0 saturated carbocycles. The summed E-state index contributed by atoms with van der Waals surface area (Å²) in [6.45, 7) is -7.59. The number of piperidine rings is 1. The van der Waals surface area contributed by atoms with Crippen LogP contribution in [0.2, 0.25) is 0 Å². The molecule has 3 rings (SSSR count). The van der Waals surface area contributed by atoms with E-state index in [1.165, 1.54) is 37.4 Å². The van der Waals surface area contributed by atoms with Crippen LogP contribution in [0.25, 0.3) is 0 Å². The van der Waals surface area contributed by atoms with Crippen LogP contribution in [0.5, 0.6) is 5.75 Å². The summed E-state index contributed by atoms with van der Waals surface area (Å²) in [7, 11) is 1.20. The minimum absolute atomic E-state index is 0.0641. The Morgan fingerprint density at radius 1 is 1.26 bits per heavy atom. The Balaban J connectivity index is 2.14. The second-order valence-corrected chi connectivity index (χ2v) is 6.02. The molecule has 0 aliphatic carbocycles. The first-order valence-corrected chi connectivity index (χ1v) is 8.49. The van der Waals surface area contributed by atoms with E-state index < -0.39 is 56.7 Å². The van der Waals surface area contributed by atoms with E-state index in [0.717, 1.165) is 12.1 Å². The van der Waals surface area contributed by atoms with Crippen molar-refractivity contribution in [2.45, 2.75) is 31.9 Å². The summed E-state index contributed by atoms with van der Waals surface area (Å²) in [6, 6.07) is 9.13. The van der Waals surface area contributed by atoms with Crippen molar-refractivity contribution in [3.8, 4) is 5.75 Å². The lowest BCUT2D eigenvalue weighted by Crippen LogP contribution is -2.37. The van der Waals surface area contributed by atoms with Gasteiger partial charge >= 0.3 is 0 Å². The topological polar surface area (TPSA) is 52.9 Å². The highest BCUT2D eigenvalue weighted by atomic mass is 19.1. The average molecular weight is 383 g/mol. The molecule has 1 aliphatic heterocycles. The van der Waals surface area contributed by atoms with Crippen LogP contribution in [0.1, 0.15) is 47.9 Å². The molecule has 1 heterocycles. The fourth-order valence-electron chi connectivity index (χ4n) is 2.80. The Morgan fingerprint density at radius 3 is 2.59 bits per heavy atom. The van der Waals surface area contributed by atoms with Crippen LogP contribution in [0.15, 0.2) is 42.5 Å². The zero-order valence-corrected chi connectivity index (χ0v) is 14.9. The summed E-state index contributed by atoms with van der Waals surface area (Å²) in [6.07, 6.45) is -9.41. The molecule has 0 spiro atoms. The van der Waals surface area contributed by atoms with Crippen molar-refractivity contribution in [1.29, 1.82) is 0 Å². The normalized spacial score (nSPS) is 30.6. The molecule has 0 radical (unpaired) electrons. The molecule has 1 saturated heterocycles. The number of hydrogen-bond donors (Lipinski definition) is 2. The van der Waals surface area contributed by atoms with E-state index in [1.807, 2.05) is 0 Å². The zero-order chi connectivity index (χ0) is 27.3. The molecular weight excluding hydrogens is 345 g/mol. The predicted octanol–water partition coefficient (Wildman–Crippen LogP) is 3.31. The number of halogens is 1. The Kier molecular flexibility index (Phi) is 3.84. The van der Waals surface area contributed by atoms with Gasteiger partial charge < -0.3 is 19.8 Å². The number of methoxy groups -OCH3 is 1. The van der Waals surface area contributed by atoms with Crippen LogP contribution < -0.4 is 4.74 Å². The van der Waals surface area contributed by atoms with Gasteiger partial charge in [0.05, 0.1) is 19.8 Å². The van der Waals surface area contributed by atoms with Crippen molar-refractivity contribution in [2.75, 3.05) is 26.6 Å². The summed E-state index contributed by atoms with van der Waals surface area (Å²) in [4.78, 5) is 0.379. The second-order valence-electron chi connectivity index (χ2n) is 6.02. The number of benzene rings is 2. The van der Waals surface area contributed by atoms with Gasteiger partial charge in [-0.25, -0.2) is 4.39 Å². The summed E-state index contributed by atoms with van der Waals surface area (Å²) in [5.74, 6) is -4.07. The molecule has 1 aliphatic rings. The van der Waals surface area contributed by atoms with Crippen molar-refractivity contribution in [1.82, 2.24) is 4.90 Å². The maximum Gasteiger partial charge on any atom is 0.130 e. The van der Waals surface area contributed by atoms with Gasteiger partial charge in [-0.2, -0.15) is 0 Å². The molecule has 4 nitrogen and oxygen atoms in total. The number of para-hydroxylation sites is 1. The third-order valence-electron chi connectivity index (χ3n) is 4.26. The van der Waals surface area contributed by atoms with Crippen molar-refractivity contribution in [2.24, 2.45) is 5.89 Å². The maximum absolute atomic E-state index is 13.2. The van der Waals surface area contributed by atoms with Crippen LogP contribution in [0.3, 0.4) is 0 Å². The molecule has 2 N–H and O–H groups in total. The van der Waals surface area contributed by atoms with Gasteiger partial charge in [0.15, 0.2) is 0 Å². The van der Waals surface area contributed by atoms with Crippen molar-refractivity contribution < 1.29 is 31.7 Å². The molecule has 1 unspecified atom stereocenters. The highest BCUT2D eigenvalue weighted by molar-refractivity contribution is 5.42. The summed E-state index contributed by atoms with van der Waals surface area (Å²) >= 11 is 0. The smallest absolute Gasteiger partial charge is 0.130 e. The number of aliphatic hydroxyl groups is 2. The lowest BCUT2D eigenvalue weighted by atomic mass is 9.86. The molecule has 1 atom stereocenters. The standard InChI is InChI=1S/C22H28FNO3/c1-27-22-18(15-25)3-2-4-20(22)21(26)17-10-13-24(14-11-17)12-9-16-5-7-19(23)8-6-16/h2-8,17,21,25-26H,9-15H2,1H3/i10D2,11D2,13D2,14D2,17D. The third kappa shape index (κ3) is 4.86. The Bertz CT molecular complexity index is 1070. The number of hydrogen-bond acceptors (Lipinski definition) is 4. The van der Waals surface area contributed by atoms with Crippen molar-refractivity contribution in [3.05, 3.63) is 65.0 Å². The number of ether oxygens (including phenoxy) is 1. The van der Waals surface area contributed by atoms with Crippen LogP contribution in [0, 0.1) is 11.7 Å². The number of nitrogens with zero attached hydrogens (tertiary/aromatic N) is 1. The molecule has 27 heavy (non-hydrogen) atoms. The molecule has 2 aromatic rings. The number of aliphatic hydroxyl groups excluding tert-OH is 2. The summed E-state index contributed by atoms with van der Waals surface area (Å²) in [5.41, 5.74) is 0.345. The lowest BCUT2D eigenvalue weighted by Gasteiger charge is -2.34. The highest BCUT2D eigenvalue weighted by Crippen LogP contribution is 2.37. The number of rotatable bonds is 7. The molecule has 0 amide bonds. The van der Waals surface area contributed by atoms with Gasteiger partial charge in [-0.3, -0.25) is 0 Å². The average Bonchev–Trinajstić information content (AvgIpc) is 2.82. The first-order chi connectivity index (χ1) is 16.5. The first kappa shape index (κ1) is 11.1. The van der Waals surface area contributed by atoms with Crippen LogP contribution in [0.4, 0.5) is 4.39 Å². The minimum Gasteiger partial charge on any atom is -0.496 e. The summed E-state index contributed by atoms with van der Waals surface area (Å²) < 4.78 is 96.1. The fourth-order valence-corrected chi connectivity index (χ4v) is 2.80. The van der Waals surface area contributed by atoms with E-state index in [0.29, 0.717) is 10.5 Å². The second kappa shape index (κ2) is 9.31. The van der Waals surface area contributed by atoms with Gasteiger partial charge in [0, 0.05) is 30.0 Å². The van der Waals surface area contributed by atoms with E-state index >= 15 is 0 Å². The quantitative estimate of drug-likeness (QED) is 0.771. The van der Waals surface area contributed by atoms with E-state index in [1.54, 1.807) is 0 Å². The Hall–Kier alpha value is -1.95. The largest absolute Gasteiger partial charge is 0.496 e. The highest BCUT2D eigenvalue weighted by Gasteiger charge is 2.28. The lowest BCUT2D eigenvalue weighted by molar-refractivity contribution is 0.0573. The maximum atomic E-state index is 13.2. The molecule has 146 valence electrons. The van der Waals surface area contributed by atoms with Gasteiger partial charge in [-0.05, 0) is 55.8 Å². The monoisotopic (exact) mass is 382 g/mol. The van der Waals surface area contributed by atoms with Gasteiger partial charge in [0.1, 0.15) is 11.6 Å². The molecule has 0 bridgehead atoms. The van der Waals surface area contributed by atoms with Gasteiger partial charge in [0.2, 0.25) is 0 Å². The SMILES string of the molecule is [2H]C1([2H])N(CCc2ccc(F)cc2)C([2H])([2H])C([2H])([2H])C([2H])(C(O)c2cccc(CO)c2OC)C1([2H])[2H]. The molecular formula is C22H28FNO3. The van der Waals surface area contributed by atoms with Crippen LogP contribution in [-0.4, -0.2) is 41.8 Å². The van der Waals surface area contributed by atoms with Crippen molar-refractivity contribution >= 4 is 0 Å². The van der Waals surface area contributed by atoms with Gasteiger partial charge in [-0.15, -0.1) is 0 Å². The molecule has 5 heteroatoms.